The van der Waals surface area contributed by atoms with E-state index in [1.807, 2.05) is 16.7 Å². The molecule has 15 heavy (non-hydrogen) atoms. The standard InChI is InChI=1S/C11H11NO3/c1-14-8-3-5-12-6-4-9(10(12)7-8)11(13)15-2/h3-7H,1-2H3. The molecular weight excluding hydrogens is 194 g/mol. The summed E-state index contributed by atoms with van der Waals surface area (Å²) in [6.07, 6.45) is 3.64. The van der Waals surface area contributed by atoms with Crippen LogP contribution in [0.4, 0.5) is 0 Å². The van der Waals surface area contributed by atoms with E-state index in [-0.39, 0.29) is 5.97 Å². The maximum atomic E-state index is 11.4. The highest BCUT2D eigenvalue weighted by Crippen LogP contribution is 2.19. The Morgan fingerprint density at radius 3 is 2.67 bits per heavy atom. The molecule has 2 heterocycles. The molecule has 0 aliphatic carbocycles. The van der Waals surface area contributed by atoms with E-state index < -0.39 is 0 Å². The number of esters is 1. The number of ether oxygens (including phenoxy) is 2. The van der Waals surface area contributed by atoms with Gasteiger partial charge < -0.3 is 13.9 Å². The zero-order chi connectivity index (χ0) is 10.8. The highest BCUT2D eigenvalue weighted by atomic mass is 16.5. The zero-order valence-corrected chi connectivity index (χ0v) is 8.56. The summed E-state index contributed by atoms with van der Waals surface area (Å²) in [6, 6.07) is 5.35. The predicted octanol–water partition coefficient (Wildman–Crippen LogP) is 1.73. The molecule has 4 heteroatoms. The Morgan fingerprint density at radius 2 is 2.00 bits per heavy atom. The number of hydrogen-bond acceptors (Lipinski definition) is 3. The molecule has 0 bridgehead atoms. The number of methoxy groups -OCH3 is 2. The fourth-order valence-corrected chi connectivity index (χ4v) is 1.49. The summed E-state index contributed by atoms with van der Waals surface area (Å²) >= 11 is 0. The van der Waals surface area contributed by atoms with Crippen LogP contribution in [0.5, 0.6) is 5.75 Å². The lowest BCUT2D eigenvalue weighted by atomic mass is 10.2. The van der Waals surface area contributed by atoms with Gasteiger partial charge in [0.1, 0.15) is 5.75 Å². The summed E-state index contributed by atoms with van der Waals surface area (Å²) < 4.78 is 11.6. The van der Waals surface area contributed by atoms with Gasteiger partial charge in [-0.15, -0.1) is 0 Å². The molecule has 0 atom stereocenters. The second-order valence-electron chi connectivity index (χ2n) is 3.08. The van der Waals surface area contributed by atoms with Crippen molar-refractivity contribution in [2.75, 3.05) is 14.2 Å². The van der Waals surface area contributed by atoms with Crippen molar-refractivity contribution in [3.8, 4) is 5.75 Å². The first-order valence-electron chi connectivity index (χ1n) is 4.49. The highest BCUT2D eigenvalue weighted by Gasteiger charge is 2.11. The fraction of sp³-hybridized carbons (Fsp3) is 0.182. The predicted molar refractivity (Wildman–Crippen MR) is 55.3 cm³/mol. The Morgan fingerprint density at radius 1 is 1.27 bits per heavy atom. The Hall–Kier alpha value is -1.97. The number of hydrogen-bond donors (Lipinski definition) is 0. The largest absolute Gasteiger partial charge is 0.497 e. The van der Waals surface area contributed by atoms with Crippen LogP contribution in [0.1, 0.15) is 10.4 Å². The van der Waals surface area contributed by atoms with Crippen molar-refractivity contribution >= 4 is 11.5 Å². The van der Waals surface area contributed by atoms with Crippen molar-refractivity contribution < 1.29 is 14.3 Å². The number of rotatable bonds is 2. The fourth-order valence-electron chi connectivity index (χ4n) is 1.49. The van der Waals surface area contributed by atoms with Crippen molar-refractivity contribution in [2.24, 2.45) is 0 Å². The average Bonchev–Trinajstić information content (AvgIpc) is 2.70. The van der Waals surface area contributed by atoms with Crippen LogP contribution in [0.3, 0.4) is 0 Å². The molecule has 78 valence electrons. The summed E-state index contributed by atoms with van der Waals surface area (Å²) in [5.41, 5.74) is 1.32. The third-order valence-electron chi connectivity index (χ3n) is 2.28. The summed E-state index contributed by atoms with van der Waals surface area (Å²) in [7, 11) is 2.96. The van der Waals surface area contributed by atoms with Gasteiger partial charge in [0.2, 0.25) is 0 Å². The molecule has 0 fully saturated rings. The van der Waals surface area contributed by atoms with Crippen LogP contribution >= 0.6 is 0 Å². The number of aromatic nitrogens is 1. The smallest absolute Gasteiger partial charge is 0.340 e. The Bertz CT molecular complexity index is 502. The van der Waals surface area contributed by atoms with Crippen LogP contribution in [-0.4, -0.2) is 24.6 Å². The molecule has 0 N–H and O–H groups in total. The van der Waals surface area contributed by atoms with Crippen LogP contribution < -0.4 is 4.74 Å². The minimum atomic E-state index is -0.342. The molecule has 4 nitrogen and oxygen atoms in total. The average molecular weight is 205 g/mol. The van der Waals surface area contributed by atoms with Gasteiger partial charge >= 0.3 is 5.97 Å². The third-order valence-corrected chi connectivity index (χ3v) is 2.28. The van der Waals surface area contributed by atoms with Gasteiger partial charge in [-0.3, -0.25) is 0 Å². The maximum absolute atomic E-state index is 11.4. The van der Waals surface area contributed by atoms with E-state index in [9.17, 15) is 4.79 Å². The summed E-state index contributed by atoms with van der Waals surface area (Å²) in [4.78, 5) is 11.4. The van der Waals surface area contributed by atoms with E-state index in [4.69, 9.17) is 4.74 Å². The first-order chi connectivity index (χ1) is 7.26. The normalized spacial score (nSPS) is 10.3. The molecule has 0 unspecified atom stereocenters. The lowest BCUT2D eigenvalue weighted by molar-refractivity contribution is 0.0603. The van der Waals surface area contributed by atoms with Gasteiger partial charge in [0.15, 0.2) is 0 Å². The number of fused-ring (bicyclic) bond motifs is 1. The van der Waals surface area contributed by atoms with Crippen molar-refractivity contribution in [3.63, 3.8) is 0 Å². The minimum Gasteiger partial charge on any atom is -0.497 e. The number of carbonyl (C=O) groups excluding carboxylic acids is 1. The molecule has 0 aromatic carbocycles. The molecule has 0 aliphatic rings. The molecule has 2 aromatic heterocycles. The third kappa shape index (κ3) is 1.54. The van der Waals surface area contributed by atoms with Gasteiger partial charge in [-0.1, -0.05) is 0 Å². The van der Waals surface area contributed by atoms with E-state index in [0.717, 1.165) is 5.52 Å². The van der Waals surface area contributed by atoms with Gasteiger partial charge in [0, 0.05) is 18.5 Å². The Kier molecular flexibility index (Phi) is 2.33. The highest BCUT2D eigenvalue weighted by molar-refractivity contribution is 5.97. The molecule has 0 spiro atoms. The molecule has 0 amide bonds. The quantitative estimate of drug-likeness (QED) is 0.701. The van der Waals surface area contributed by atoms with Gasteiger partial charge in [-0.25, -0.2) is 4.79 Å². The second-order valence-corrected chi connectivity index (χ2v) is 3.08. The van der Waals surface area contributed by atoms with Crippen LogP contribution in [-0.2, 0) is 4.74 Å². The molecule has 2 aromatic rings. The number of pyridine rings is 1. The first-order valence-corrected chi connectivity index (χ1v) is 4.49. The molecule has 2 rings (SSSR count). The van der Waals surface area contributed by atoms with E-state index in [0.29, 0.717) is 11.3 Å². The summed E-state index contributed by atoms with van der Waals surface area (Å²) in [6.45, 7) is 0. The van der Waals surface area contributed by atoms with Crippen LogP contribution in [0.15, 0.2) is 30.6 Å². The van der Waals surface area contributed by atoms with Crippen LogP contribution in [0.25, 0.3) is 5.52 Å². The topological polar surface area (TPSA) is 39.9 Å². The van der Waals surface area contributed by atoms with Gasteiger partial charge in [0.05, 0.1) is 25.3 Å². The van der Waals surface area contributed by atoms with E-state index in [1.54, 1.807) is 25.4 Å². The van der Waals surface area contributed by atoms with Crippen molar-refractivity contribution in [2.45, 2.75) is 0 Å². The van der Waals surface area contributed by atoms with Gasteiger partial charge in [-0.05, 0) is 12.1 Å². The minimum absolute atomic E-state index is 0.342. The van der Waals surface area contributed by atoms with Gasteiger partial charge in [-0.2, -0.15) is 0 Å². The molecule has 0 radical (unpaired) electrons. The van der Waals surface area contributed by atoms with E-state index in [2.05, 4.69) is 4.74 Å². The summed E-state index contributed by atoms with van der Waals surface area (Å²) in [5, 5.41) is 0. The maximum Gasteiger partial charge on any atom is 0.340 e. The van der Waals surface area contributed by atoms with Crippen molar-refractivity contribution in [1.29, 1.82) is 0 Å². The lowest BCUT2D eigenvalue weighted by Gasteiger charge is -2.02. The number of nitrogens with zero attached hydrogens (tertiary/aromatic N) is 1. The first kappa shape index (κ1) is 9.58. The molecule has 0 saturated heterocycles. The Balaban J connectivity index is 2.61. The van der Waals surface area contributed by atoms with Crippen molar-refractivity contribution in [1.82, 2.24) is 4.40 Å². The molecule has 0 saturated carbocycles. The second kappa shape index (κ2) is 3.65. The zero-order valence-electron chi connectivity index (χ0n) is 8.56. The van der Waals surface area contributed by atoms with E-state index >= 15 is 0 Å². The Labute approximate surface area is 87.0 Å². The van der Waals surface area contributed by atoms with Crippen LogP contribution in [0.2, 0.25) is 0 Å². The summed E-state index contributed by atoms with van der Waals surface area (Å²) in [5.74, 6) is 0.372. The molecule has 0 aliphatic heterocycles. The van der Waals surface area contributed by atoms with Crippen LogP contribution in [0, 0.1) is 0 Å². The SMILES string of the molecule is COC(=O)c1ccn2ccc(OC)cc12. The monoisotopic (exact) mass is 205 g/mol. The van der Waals surface area contributed by atoms with E-state index in [1.165, 1.54) is 7.11 Å². The van der Waals surface area contributed by atoms with Gasteiger partial charge in [0.25, 0.3) is 0 Å². The molecular formula is C11H11NO3. The number of carbonyl (C=O) groups is 1. The lowest BCUT2D eigenvalue weighted by Crippen LogP contribution is -2.00. The van der Waals surface area contributed by atoms with Crippen molar-refractivity contribution in [3.05, 3.63) is 36.2 Å².